The lowest BCUT2D eigenvalue weighted by atomic mass is 9.46. The molecule has 7 nitrogen and oxygen atoms in total. The number of carbonyl (C=O) groups is 3. The number of ketones is 1. The molecule has 0 aliphatic heterocycles. The quantitative estimate of drug-likeness (QED) is 0.495. The summed E-state index contributed by atoms with van der Waals surface area (Å²) in [6.45, 7) is 5.77. The Labute approximate surface area is 193 Å². The molecule has 8 heteroatoms. The van der Waals surface area contributed by atoms with Crippen molar-refractivity contribution in [1.29, 1.82) is 0 Å². The molecule has 7 atom stereocenters. The third kappa shape index (κ3) is 3.23. The van der Waals surface area contributed by atoms with Crippen LogP contribution in [0.15, 0.2) is 23.8 Å². The van der Waals surface area contributed by atoms with Gasteiger partial charge in [-0.2, -0.15) is 0 Å². The molecule has 176 valence electrons. The molecule has 0 radical (unpaired) electrons. The Morgan fingerprint density at radius 1 is 1.25 bits per heavy atom. The Hall–Kier alpha value is -1.86. The van der Waals surface area contributed by atoms with Gasteiger partial charge in [0.1, 0.15) is 0 Å². The second kappa shape index (κ2) is 8.17. The number of hydrogen-bond acceptors (Lipinski definition) is 7. The molecule has 0 spiro atoms. The summed E-state index contributed by atoms with van der Waals surface area (Å²) >= 11 is 5.70. The van der Waals surface area contributed by atoms with Crippen molar-refractivity contribution in [3.05, 3.63) is 23.8 Å². The largest absolute Gasteiger partial charge is 0.509 e. The Morgan fingerprint density at radius 3 is 2.69 bits per heavy atom. The predicted molar refractivity (Wildman–Crippen MR) is 116 cm³/mol. The van der Waals surface area contributed by atoms with Gasteiger partial charge in [0, 0.05) is 16.7 Å². The summed E-state index contributed by atoms with van der Waals surface area (Å²) in [6, 6.07) is -0.354. The maximum Gasteiger partial charge on any atom is 0.509 e. The zero-order valence-electron chi connectivity index (χ0n) is 18.8. The van der Waals surface area contributed by atoms with Crippen molar-refractivity contribution in [3.63, 3.8) is 0 Å². The predicted octanol–water partition coefficient (Wildman–Crippen LogP) is 3.92. The number of esters is 1. The summed E-state index contributed by atoms with van der Waals surface area (Å²) in [5, 5.41) is 11.5. The first-order valence-electron chi connectivity index (χ1n) is 11.3. The molecule has 0 aromatic carbocycles. The maximum atomic E-state index is 13.2. The number of allylic oxidation sites excluding steroid dienone is 4. The van der Waals surface area contributed by atoms with Crippen LogP contribution in [0.3, 0.4) is 0 Å². The van der Waals surface area contributed by atoms with Crippen LogP contribution in [0.25, 0.3) is 0 Å². The minimum Gasteiger partial charge on any atom is -0.446 e. The van der Waals surface area contributed by atoms with Gasteiger partial charge in [0.2, 0.25) is 5.60 Å². The molecule has 4 aliphatic rings. The van der Waals surface area contributed by atoms with Gasteiger partial charge in [0.15, 0.2) is 11.8 Å². The van der Waals surface area contributed by atoms with E-state index in [1.165, 1.54) is 0 Å². The van der Waals surface area contributed by atoms with Crippen LogP contribution in [0.4, 0.5) is 4.79 Å². The Balaban J connectivity index is 1.73. The van der Waals surface area contributed by atoms with E-state index in [1.807, 2.05) is 13.0 Å². The zero-order valence-corrected chi connectivity index (χ0v) is 19.5. The number of alkyl halides is 1. The van der Waals surface area contributed by atoms with Crippen molar-refractivity contribution in [2.45, 2.75) is 64.6 Å². The third-order valence-electron chi connectivity index (χ3n) is 8.65. The lowest BCUT2D eigenvalue weighted by Gasteiger charge is -2.59. The minimum absolute atomic E-state index is 0.0161. The Bertz CT molecular complexity index is 882. The van der Waals surface area contributed by atoms with Crippen molar-refractivity contribution in [2.75, 3.05) is 12.7 Å². The van der Waals surface area contributed by atoms with E-state index >= 15 is 0 Å². The van der Waals surface area contributed by atoms with Crippen LogP contribution in [-0.2, 0) is 23.8 Å². The molecule has 4 aliphatic carbocycles. The van der Waals surface area contributed by atoms with Gasteiger partial charge >= 0.3 is 12.1 Å². The highest BCUT2D eigenvalue weighted by atomic mass is 35.5. The van der Waals surface area contributed by atoms with E-state index in [0.29, 0.717) is 6.42 Å². The smallest absolute Gasteiger partial charge is 0.446 e. The number of hydrogen-bond donors (Lipinski definition) is 1. The lowest BCUT2D eigenvalue weighted by Crippen LogP contribution is -2.62. The molecule has 3 saturated carbocycles. The molecular formula is C24H31ClO7. The van der Waals surface area contributed by atoms with Crippen LogP contribution >= 0.6 is 11.6 Å². The van der Waals surface area contributed by atoms with E-state index in [4.69, 9.17) is 25.8 Å². The van der Waals surface area contributed by atoms with Gasteiger partial charge in [0.05, 0.1) is 12.7 Å². The first-order valence-corrected chi connectivity index (χ1v) is 11.9. The van der Waals surface area contributed by atoms with Crippen molar-refractivity contribution < 1.29 is 33.7 Å². The van der Waals surface area contributed by atoms with Crippen LogP contribution in [0.1, 0.15) is 52.9 Å². The summed E-state index contributed by atoms with van der Waals surface area (Å²) < 4.78 is 15.9. The molecule has 0 aromatic heterocycles. The number of aliphatic hydroxyl groups excluding tert-OH is 1. The van der Waals surface area contributed by atoms with Crippen molar-refractivity contribution >= 4 is 29.5 Å². The first-order chi connectivity index (χ1) is 15.1. The highest BCUT2D eigenvalue weighted by molar-refractivity contribution is 6.17. The monoisotopic (exact) mass is 466 g/mol. The van der Waals surface area contributed by atoms with E-state index in [1.54, 1.807) is 19.1 Å². The maximum absolute atomic E-state index is 13.2. The van der Waals surface area contributed by atoms with E-state index in [-0.39, 0.29) is 49.1 Å². The van der Waals surface area contributed by atoms with E-state index in [0.717, 1.165) is 18.4 Å². The van der Waals surface area contributed by atoms with Gasteiger partial charge in [-0.25, -0.2) is 9.59 Å². The SMILES string of the molecule is CCOC(=O)O[C@@]1(C(=O)OCCl)CC[C@H]2[C@@H]3CCC4=CC(=O)C=C[C@]4(C)[C@@H]3[C@@H](O)C[C@@]21C. The van der Waals surface area contributed by atoms with Crippen molar-refractivity contribution in [2.24, 2.45) is 28.6 Å². The molecule has 32 heavy (non-hydrogen) atoms. The topological polar surface area (TPSA) is 99.1 Å². The van der Waals surface area contributed by atoms with Crippen LogP contribution in [-0.4, -0.2) is 47.4 Å². The first kappa shape index (κ1) is 23.3. The fourth-order valence-electron chi connectivity index (χ4n) is 7.31. The van der Waals surface area contributed by atoms with Crippen molar-refractivity contribution in [3.8, 4) is 0 Å². The standard InChI is InChI=1S/C24H31ClO7/c1-4-30-21(29)32-24(20(28)31-13-25)10-8-17-16-6-5-14-11-15(26)7-9-22(14,2)19(16)18(27)12-23(17,24)3/h7,9,11,16-19,27H,4-6,8,10,12-13H2,1-3H3/t16-,17-,18-,19-,22-,23-,24+/m0/s1. The highest BCUT2D eigenvalue weighted by Gasteiger charge is 2.71. The summed E-state index contributed by atoms with van der Waals surface area (Å²) in [6.07, 6.45) is 6.31. The summed E-state index contributed by atoms with van der Waals surface area (Å²) in [5.41, 5.74) is -1.76. The lowest BCUT2D eigenvalue weighted by molar-refractivity contribution is -0.199. The summed E-state index contributed by atoms with van der Waals surface area (Å²) in [5.74, 6) is -0.676. The molecule has 0 heterocycles. The van der Waals surface area contributed by atoms with Gasteiger partial charge in [-0.3, -0.25) is 4.79 Å². The van der Waals surface area contributed by atoms with Gasteiger partial charge in [-0.05, 0) is 63.0 Å². The van der Waals surface area contributed by atoms with Crippen LogP contribution in [0, 0.1) is 28.6 Å². The average Bonchev–Trinajstić information content (AvgIpc) is 3.01. The number of carbonyl (C=O) groups excluding carboxylic acids is 3. The summed E-state index contributed by atoms with van der Waals surface area (Å²) in [7, 11) is 0. The third-order valence-corrected chi connectivity index (χ3v) is 8.76. The number of halogens is 1. The molecule has 0 bridgehead atoms. The van der Waals surface area contributed by atoms with Crippen molar-refractivity contribution in [1.82, 2.24) is 0 Å². The number of ether oxygens (including phenoxy) is 3. The van der Waals surface area contributed by atoms with Gasteiger partial charge in [-0.1, -0.05) is 37.1 Å². The number of aliphatic hydroxyl groups is 1. The highest BCUT2D eigenvalue weighted by Crippen LogP contribution is 2.68. The average molecular weight is 467 g/mol. The normalized spacial score (nSPS) is 42.3. The second-order valence-electron chi connectivity index (χ2n) is 9.90. The number of fused-ring (bicyclic) bond motifs is 5. The van der Waals surface area contributed by atoms with Gasteiger partial charge in [-0.15, -0.1) is 0 Å². The van der Waals surface area contributed by atoms with Gasteiger partial charge in [0.25, 0.3) is 0 Å². The minimum atomic E-state index is -1.57. The molecular weight excluding hydrogens is 436 g/mol. The molecule has 0 unspecified atom stereocenters. The fourth-order valence-corrected chi connectivity index (χ4v) is 7.41. The molecule has 1 N–H and O–H groups in total. The van der Waals surface area contributed by atoms with Crippen LogP contribution in [0.2, 0.25) is 0 Å². The van der Waals surface area contributed by atoms with E-state index < -0.39 is 34.7 Å². The zero-order chi connectivity index (χ0) is 23.3. The fraction of sp³-hybridized carbons (Fsp3) is 0.708. The van der Waals surface area contributed by atoms with Crippen LogP contribution < -0.4 is 0 Å². The Kier molecular flexibility index (Phi) is 5.95. The van der Waals surface area contributed by atoms with E-state index in [2.05, 4.69) is 6.92 Å². The summed E-state index contributed by atoms with van der Waals surface area (Å²) in [4.78, 5) is 37.5. The van der Waals surface area contributed by atoms with E-state index in [9.17, 15) is 19.5 Å². The molecule has 3 fully saturated rings. The Morgan fingerprint density at radius 2 is 2.00 bits per heavy atom. The molecule has 0 amide bonds. The molecule has 0 aromatic rings. The second-order valence-corrected chi connectivity index (χ2v) is 10.1. The number of rotatable bonds is 4. The van der Waals surface area contributed by atoms with Crippen LogP contribution in [0.5, 0.6) is 0 Å². The molecule has 0 saturated heterocycles. The molecule has 4 rings (SSSR count). The van der Waals surface area contributed by atoms with Gasteiger partial charge < -0.3 is 19.3 Å².